The molecule has 5 nitrogen and oxygen atoms in total. The maximum Gasteiger partial charge on any atom is 0.416 e. The molecule has 0 heterocycles. The Kier molecular flexibility index (Phi) is 6.78. The standard InChI is InChI=1S/C11H12ClF3N4O.ClH/c1-19(10(20)18-9(16)17)5-6-4-7(11(13,14)15)2-3-8(6)12;/h2-4H,5H2,1H3,(H4,16,17,18,20);1H. The van der Waals surface area contributed by atoms with E-state index < -0.39 is 23.7 Å². The largest absolute Gasteiger partial charge is 0.416 e. The summed E-state index contributed by atoms with van der Waals surface area (Å²) in [5.41, 5.74) is 4.28. The Hall–Kier alpha value is -1.67. The van der Waals surface area contributed by atoms with Crippen LogP contribution in [0.4, 0.5) is 18.0 Å². The van der Waals surface area contributed by atoms with Gasteiger partial charge in [0.15, 0.2) is 5.96 Å². The highest BCUT2D eigenvalue weighted by atomic mass is 35.5. The van der Waals surface area contributed by atoms with Crippen molar-refractivity contribution in [1.82, 2.24) is 10.2 Å². The van der Waals surface area contributed by atoms with Crippen LogP contribution in [0.15, 0.2) is 18.2 Å². The molecule has 118 valence electrons. The first kappa shape index (κ1) is 19.3. The van der Waals surface area contributed by atoms with Crippen molar-refractivity contribution in [2.75, 3.05) is 7.05 Å². The highest BCUT2D eigenvalue weighted by Crippen LogP contribution is 2.32. The van der Waals surface area contributed by atoms with E-state index in [4.69, 9.17) is 22.7 Å². The summed E-state index contributed by atoms with van der Waals surface area (Å²) in [6, 6.07) is 2.14. The van der Waals surface area contributed by atoms with E-state index >= 15 is 0 Å². The third kappa shape index (κ3) is 5.68. The highest BCUT2D eigenvalue weighted by Gasteiger charge is 2.31. The fraction of sp³-hybridized carbons (Fsp3) is 0.273. The summed E-state index contributed by atoms with van der Waals surface area (Å²) in [6.45, 7) is -0.151. The van der Waals surface area contributed by atoms with E-state index in [1.165, 1.54) is 7.05 Å². The first-order valence-corrected chi connectivity index (χ1v) is 5.71. The third-order valence-corrected chi connectivity index (χ3v) is 2.74. The average Bonchev–Trinajstić information content (AvgIpc) is 2.29. The van der Waals surface area contributed by atoms with Gasteiger partial charge in [-0.15, -0.1) is 12.4 Å². The van der Waals surface area contributed by atoms with Crippen LogP contribution in [0, 0.1) is 5.41 Å². The number of halogens is 5. The summed E-state index contributed by atoms with van der Waals surface area (Å²) in [6.07, 6.45) is -4.49. The van der Waals surface area contributed by atoms with Crippen LogP contribution in [-0.4, -0.2) is 23.9 Å². The van der Waals surface area contributed by atoms with Crippen molar-refractivity contribution < 1.29 is 18.0 Å². The number of guanidine groups is 1. The van der Waals surface area contributed by atoms with Gasteiger partial charge in [0, 0.05) is 18.6 Å². The zero-order valence-corrected chi connectivity index (χ0v) is 12.4. The molecule has 0 unspecified atom stereocenters. The first-order chi connectivity index (χ1) is 9.11. The second kappa shape index (κ2) is 7.37. The van der Waals surface area contributed by atoms with E-state index in [-0.39, 0.29) is 29.5 Å². The van der Waals surface area contributed by atoms with Gasteiger partial charge in [0.2, 0.25) is 0 Å². The lowest BCUT2D eigenvalue weighted by atomic mass is 10.1. The van der Waals surface area contributed by atoms with Crippen molar-refractivity contribution in [2.24, 2.45) is 5.73 Å². The van der Waals surface area contributed by atoms with E-state index in [1.54, 1.807) is 0 Å². The molecule has 0 saturated carbocycles. The van der Waals surface area contributed by atoms with Gasteiger partial charge in [-0.1, -0.05) is 11.6 Å². The zero-order chi connectivity index (χ0) is 15.5. The summed E-state index contributed by atoms with van der Waals surface area (Å²) < 4.78 is 37.8. The first-order valence-electron chi connectivity index (χ1n) is 5.33. The van der Waals surface area contributed by atoms with Gasteiger partial charge in [0.05, 0.1) is 5.56 Å². The molecule has 0 spiro atoms. The molecule has 0 aliphatic carbocycles. The molecule has 1 rings (SSSR count). The number of hydrogen-bond donors (Lipinski definition) is 3. The predicted molar refractivity (Wildman–Crippen MR) is 75.6 cm³/mol. The van der Waals surface area contributed by atoms with Crippen LogP contribution < -0.4 is 11.1 Å². The molecular formula is C11H13Cl2F3N4O. The topological polar surface area (TPSA) is 82.2 Å². The van der Waals surface area contributed by atoms with E-state index in [9.17, 15) is 18.0 Å². The van der Waals surface area contributed by atoms with Gasteiger partial charge in [0.1, 0.15) is 0 Å². The number of nitrogens with zero attached hydrogens (tertiary/aromatic N) is 1. The minimum Gasteiger partial charge on any atom is -0.370 e. The molecule has 2 amide bonds. The normalized spacial score (nSPS) is 10.5. The molecule has 0 fully saturated rings. The molecule has 0 aromatic heterocycles. The lowest BCUT2D eigenvalue weighted by molar-refractivity contribution is -0.137. The Morgan fingerprint density at radius 1 is 1.48 bits per heavy atom. The quantitative estimate of drug-likeness (QED) is 0.569. The molecule has 1 aromatic carbocycles. The summed E-state index contributed by atoms with van der Waals surface area (Å²) in [4.78, 5) is 12.5. The molecule has 0 atom stereocenters. The van der Waals surface area contributed by atoms with Crippen LogP contribution in [0.3, 0.4) is 0 Å². The van der Waals surface area contributed by atoms with Crippen LogP contribution in [0.5, 0.6) is 0 Å². The minimum atomic E-state index is -4.49. The van der Waals surface area contributed by atoms with Gasteiger partial charge >= 0.3 is 12.2 Å². The van der Waals surface area contributed by atoms with Crippen LogP contribution >= 0.6 is 24.0 Å². The number of carbonyl (C=O) groups excluding carboxylic acids is 1. The Morgan fingerprint density at radius 3 is 2.52 bits per heavy atom. The van der Waals surface area contributed by atoms with Crippen molar-refractivity contribution >= 4 is 36.0 Å². The van der Waals surface area contributed by atoms with Gasteiger partial charge in [-0.3, -0.25) is 10.7 Å². The van der Waals surface area contributed by atoms with Crippen LogP contribution in [0.25, 0.3) is 0 Å². The van der Waals surface area contributed by atoms with Crippen LogP contribution in [0.1, 0.15) is 11.1 Å². The maximum atomic E-state index is 12.6. The molecule has 1 aromatic rings. The molecule has 10 heteroatoms. The predicted octanol–water partition coefficient (Wildman–Crippen LogP) is 2.82. The molecule has 21 heavy (non-hydrogen) atoms. The van der Waals surface area contributed by atoms with Gasteiger partial charge in [-0.05, 0) is 23.8 Å². The molecule has 4 N–H and O–H groups in total. The fourth-order valence-corrected chi connectivity index (χ4v) is 1.59. The van der Waals surface area contributed by atoms with E-state index in [0.29, 0.717) is 0 Å². The Balaban J connectivity index is 0.00000400. The fourth-order valence-electron chi connectivity index (χ4n) is 1.41. The number of carbonyl (C=O) groups is 1. The lowest BCUT2D eigenvalue weighted by Crippen LogP contribution is -2.43. The minimum absolute atomic E-state index is 0. The zero-order valence-electron chi connectivity index (χ0n) is 10.8. The van der Waals surface area contributed by atoms with E-state index in [1.807, 2.05) is 5.32 Å². The smallest absolute Gasteiger partial charge is 0.370 e. The van der Waals surface area contributed by atoms with Crippen LogP contribution in [-0.2, 0) is 12.7 Å². The number of rotatable bonds is 2. The summed E-state index contributed by atoms with van der Waals surface area (Å²) in [7, 11) is 1.34. The number of amides is 2. The van der Waals surface area contributed by atoms with Gasteiger partial charge in [0.25, 0.3) is 0 Å². The SMILES string of the molecule is CN(Cc1cc(C(F)(F)F)ccc1Cl)C(=O)NC(=N)N.Cl. The number of nitrogens with one attached hydrogen (secondary N) is 2. The monoisotopic (exact) mass is 344 g/mol. The number of benzene rings is 1. The summed E-state index contributed by atoms with van der Waals surface area (Å²) in [5.74, 6) is -0.558. The van der Waals surface area contributed by atoms with Gasteiger partial charge in [-0.25, -0.2) is 4.79 Å². The van der Waals surface area contributed by atoms with Gasteiger partial charge in [-0.2, -0.15) is 13.2 Å². The third-order valence-electron chi connectivity index (χ3n) is 2.37. The van der Waals surface area contributed by atoms with Crippen molar-refractivity contribution in [1.29, 1.82) is 5.41 Å². The van der Waals surface area contributed by atoms with Crippen molar-refractivity contribution in [2.45, 2.75) is 12.7 Å². The molecular weight excluding hydrogens is 332 g/mol. The second-order valence-electron chi connectivity index (χ2n) is 4.00. The second-order valence-corrected chi connectivity index (χ2v) is 4.41. The molecule has 0 bridgehead atoms. The molecule has 0 radical (unpaired) electrons. The number of urea groups is 1. The maximum absolute atomic E-state index is 12.6. The summed E-state index contributed by atoms with van der Waals surface area (Å²) in [5, 5.41) is 9.02. The molecule has 0 aliphatic heterocycles. The lowest BCUT2D eigenvalue weighted by Gasteiger charge is -2.19. The van der Waals surface area contributed by atoms with Crippen molar-refractivity contribution in [3.8, 4) is 0 Å². The van der Waals surface area contributed by atoms with E-state index in [2.05, 4.69) is 0 Å². The van der Waals surface area contributed by atoms with E-state index in [0.717, 1.165) is 23.1 Å². The molecule has 0 saturated heterocycles. The Labute approximate surface area is 130 Å². The van der Waals surface area contributed by atoms with Crippen LogP contribution in [0.2, 0.25) is 5.02 Å². The Morgan fingerprint density at radius 2 is 2.05 bits per heavy atom. The number of nitrogens with two attached hydrogens (primary N) is 1. The summed E-state index contributed by atoms with van der Waals surface area (Å²) >= 11 is 5.81. The molecule has 0 aliphatic rings. The Bertz CT molecular complexity index is 537. The van der Waals surface area contributed by atoms with Crippen molar-refractivity contribution in [3.05, 3.63) is 34.3 Å². The average molecular weight is 345 g/mol. The van der Waals surface area contributed by atoms with Gasteiger partial charge < -0.3 is 10.6 Å². The number of alkyl halides is 3. The highest BCUT2D eigenvalue weighted by molar-refractivity contribution is 6.31. The van der Waals surface area contributed by atoms with Crippen molar-refractivity contribution in [3.63, 3.8) is 0 Å². The number of hydrogen-bond acceptors (Lipinski definition) is 2.